The van der Waals surface area contributed by atoms with Crippen molar-refractivity contribution in [3.05, 3.63) is 66.3 Å². The first-order valence-electron chi connectivity index (χ1n) is 10.5. The van der Waals surface area contributed by atoms with Gasteiger partial charge in [-0.2, -0.15) is 10.1 Å². The predicted octanol–water partition coefficient (Wildman–Crippen LogP) is 3.12. The molecule has 2 amide bonds. The highest BCUT2D eigenvalue weighted by Gasteiger charge is 2.29. The average Bonchev–Trinajstić information content (AvgIpc) is 3.30. The standard InChI is InChI=1S/C23H24N6O3/c1-15(2)20(23-26-21(28-32-23)17-9-6-12-24-13-17)25-22(31)18-10-11-19(30)29(27-18)14-16-7-4-3-5-8-16/h3-9,12-13,15,20H,10-11,14H2,1-2H3,(H,25,31). The molecule has 1 aromatic carbocycles. The molecule has 9 nitrogen and oxygen atoms in total. The molecule has 164 valence electrons. The number of hydrazone groups is 1. The zero-order chi connectivity index (χ0) is 22.5. The van der Waals surface area contributed by atoms with E-state index in [2.05, 4.69) is 25.5 Å². The van der Waals surface area contributed by atoms with Crippen molar-refractivity contribution in [3.8, 4) is 11.4 Å². The summed E-state index contributed by atoms with van der Waals surface area (Å²) in [5.74, 6) is 0.245. The van der Waals surface area contributed by atoms with E-state index < -0.39 is 6.04 Å². The van der Waals surface area contributed by atoms with Crippen LogP contribution in [0.2, 0.25) is 0 Å². The van der Waals surface area contributed by atoms with E-state index in [4.69, 9.17) is 4.52 Å². The molecule has 4 rings (SSSR count). The molecular weight excluding hydrogens is 408 g/mol. The van der Waals surface area contributed by atoms with Gasteiger partial charge in [0.05, 0.1) is 6.54 Å². The Balaban J connectivity index is 1.50. The second kappa shape index (κ2) is 9.51. The Morgan fingerprint density at radius 1 is 1.16 bits per heavy atom. The molecule has 0 radical (unpaired) electrons. The zero-order valence-corrected chi connectivity index (χ0v) is 17.9. The lowest BCUT2D eigenvalue weighted by Crippen LogP contribution is -2.41. The van der Waals surface area contributed by atoms with Crippen LogP contribution < -0.4 is 5.32 Å². The van der Waals surface area contributed by atoms with Gasteiger partial charge in [-0.15, -0.1) is 0 Å². The maximum Gasteiger partial charge on any atom is 0.268 e. The first kappa shape index (κ1) is 21.4. The minimum absolute atomic E-state index is 0.00704. The topological polar surface area (TPSA) is 114 Å². The third-order valence-corrected chi connectivity index (χ3v) is 5.12. The monoisotopic (exact) mass is 432 g/mol. The fraction of sp³-hybridized carbons (Fsp3) is 0.304. The Morgan fingerprint density at radius 2 is 1.97 bits per heavy atom. The fourth-order valence-electron chi connectivity index (χ4n) is 3.36. The van der Waals surface area contributed by atoms with Crippen molar-refractivity contribution in [2.24, 2.45) is 11.0 Å². The molecule has 2 aromatic heterocycles. The molecular formula is C23H24N6O3. The third kappa shape index (κ3) is 4.88. The van der Waals surface area contributed by atoms with Gasteiger partial charge in [-0.05, 0) is 23.6 Å². The lowest BCUT2D eigenvalue weighted by Gasteiger charge is -2.25. The van der Waals surface area contributed by atoms with E-state index in [1.807, 2.05) is 50.2 Å². The number of nitrogens with zero attached hydrogens (tertiary/aromatic N) is 5. The summed E-state index contributed by atoms with van der Waals surface area (Å²) in [6.45, 7) is 4.22. The third-order valence-electron chi connectivity index (χ3n) is 5.12. The van der Waals surface area contributed by atoms with Crippen LogP contribution in [0.3, 0.4) is 0 Å². The van der Waals surface area contributed by atoms with Gasteiger partial charge in [-0.3, -0.25) is 14.6 Å². The van der Waals surface area contributed by atoms with Crippen molar-refractivity contribution >= 4 is 17.5 Å². The van der Waals surface area contributed by atoms with E-state index >= 15 is 0 Å². The smallest absolute Gasteiger partial charge is 0.268 e. The Kier molecular flexibility index (Phi) is 6.34. The van der Waals surface area contributed by atoms with Gasteiger partial charge in [0, 0.05) is 30.8 Å². The highest BCUT2D eigenvalue weighted by Crippen LogP contribution is 2.24. The second-order valence-corrected chi connectivity index (χ2v) is 7.88. The molecule has 1 N–H and O–H groups in total. The predicted molar refractivity (Wildman–Crippen MR) is 117 cm³/mol. The summed E-state index contributed by atoms with van der Waals surface area (Å²) in [4.78, 5) is 33.8. The molecule has 9 heteroatoms. The van der Waals surface area contributed by atoms with Gasteiger partial charge in [0.25, 0.3) is 5.91 Å². The molecule has 0 aliphatic carbocycles. The first-order chi connectivity index (χ1) is 15.5. The van der Waals surface area contributed by atoms with Crippen molar-refractivity contribution in [3.63, 3.8) is 0 Å². The van der Waals surface area contributed by atoms with Gasteiger partial charge >= 0.3 is 0 Å². The molecule has 0 saturated heterocycles. The van der Waals surface area contributed by atoms with Crippen LogP contribution in [0.25, 0.3) is 11.4 Å². The van der Waals surface area contributed by atoms with Crippen LogP contribution in [-0.2, 0) is 16.1 Å². The molecule has 32 heavy (non-hydrogen) atoms. The minimum atomic E-state index is -0.497. The van der Waals surface area contributed by atoms with E-state index in [0.29, 0.717) is 24.0 Å². The van der Waals surface area contributed by atoms with Gasteiger partial charge in [0.2, 0.25) is 17.6 Å². The number of aromatic nitrogens is 3. The quantitative estimate of drug-likeness (QED) is 0.614. The van der Waals surface area contributed by atoms with Gasteiger partial charge in [0.1, 0.15) is 11.8 Å². The van der Waals surface area contributed by atoms with Crippen molar-refractivity contribution in [1.82, 2.24) is 25.5 Å². The molecule has 1 atom stereocenters. The van der Waals surface area contributed by atoms with Crippen molar-refractivity contribution < 1.29 is 14.1 Å². The number of rotatable bonds is 7. The van der Waals surface area contributed by atoms with Gasteiger partial charge < -0.3 is 9.84 Å². The lowest BCUT2D eigenvalue weighted by molar-refractivity contribution is -0.132. The van der Waals surface area contributed by atoms with Crippen molar-refractivity contribution in [2.75, 3.05) is 0 Å². The van der Waals surface area contributed by atoms with Crippen LogP contribution in [0.15, 0.2) is 64.5 Å². The molecule has 1 unspecified atom stereocenters. The molecule has 0 fully saturated rings. The Morgan fingerprint density at radius 3 is 2.69 bits per heavy atom. The number of hydrogen-bond donors (Lipinski definition) is 1. The average molecular weight is 432 g/mol. The van der Waals surface area contributed by atoms with Crippen LogP contribution in [0.4, 0.5) is 0 Å². The first-order valence-corrected chi connectivity index (χ1v) is 10.5. The van der Waals surface area contributed by atoms with Crippen LogP contribution in [-0.4, -0.2) is 37.7 Å². The maximum atomic E-state index is 13.0. The summed E-state index contributed by atoms with van der Waals surface area (Å²) < 4.78 is 5.44. The van der Waals surface area contributed by atoms with Crippen LogP contribution in [0.1, 0.15) is 44.2 Å². The van der Waals surface area contributed by atoms with E-state index in [1.54, 1.807) is 18.5 Å². The number of carbonyl (C=O) groups is 2. The van der Waals surface area contributed by atoms with Crippen LogP contribution >= 0.6 is 0 Å². The molecule has 1 aliphatic rings. The number of benzene rings is 1. The summed E-state index contributed by atoms with van der Waals surface area (Å²) in [7, 11) is 0. The minimum Gasteiger partial charge on any atom is -0.339 e. The highest BCUT2D eigenvalue weighted by molar-refractivity contribution is 6.39. The largest absolute Gasteiger partial charge is 0.339 e. The SMILES string of the molecule is CC(C)C(NC(=O)C1=NN(Cc2ccccc2)C(=O)CC1)c1nc(-c2cccnc2)no1. The van der Waals surface area contributed by atoms with Gasteiger partial charge in [-0.25, -0.2) is 5.01 Å². The molecule has 0 spiro atoms. The zero-order valence-electron chi connectivity index (χ0n) is 17.9. The Hall–Kier alpha value is -3.88. The van der Waals surface area contributed by atoms with E-state index in [9.17, 15) is 9.59 Å². The van der Waals surface area contributed by atoms with Crippen LogP contribution in [0, 0.1) is 5.92 Å². The maximum absolute atomic E-state index is 13.0. The van der Waals surface area contributed by atoms with Crippen LogP contribution in [0.5, 0.6) is 0 Å². The van der Waals surface area contributed by atoms with Crippen molar-refractivity contribution in [2.45, 2.75) is 39.3 Å². The normalized spacial score (nSPS) is 14.9. The number of pyridine rings is 1. The fourth-order valence-corrected chi connectivity index (χ4v) is 3.36. The number of hydrogen-bond acceptors (Lipinski definition) is 7. The van der Waals surface area contributed by atoms with Crippen molar-refractivity contribution in [1.29, 1.82) is 0 Å². The second-order valence-electron chi connectivity index (χ2n) is 7.88. The number of amides is 2. The van der Waals surface area contributed by atoms with E-state index in [1.165, 1.54) is 5.01 Å². The summed E-state index contributed by atoms with van der Waals surface area (Å²) in [5, 5.41) is 12.6. The molecule has 3 aromatic rings. The number of carbonyl (C=O) groups excluding carboxylic acids is 2. The molecule has 3 heterocycles. The highest BCUT2D eigenvalue weighted by atomic mass is 16.5. The number of nitrogens with one attached hydrogen (secondary N) is 1. The summed E-state index contributed by atoms with van der Waals surface area (Å²) in [6, 6.07) is 12.7. The summed E-state index contributed by atoms with van der Waals surface area (Å²) in [6.07, 6.45) is 3.83. The van der Waals surface area contributed by atoms with Gasteiger partial charge in [0.15, 0.2) is 0 Å². The summed E-state index contributed by atoms with van der Waals surface area (Å²) >= 11 is 0. The van der Waals surface area contributed by atoms with E-state index in [0.717, 1.165) is 11.1 Å². The Bertz CT molecular complexity index is 1110. The summed E-state index contributed by atoms with van der Waals surface area (Å²) in [5.41, 5.74) is 1.97. The molecule has 1 aliphatic heterocycles. The lowest BCUT2D eigenvalue weighted by atomic mass is 10.0. The van der Waals surface area contributed by atoms with E-state index in [-0.39, 0.29) is 30.6 Å². The van der Waals surface area contributed by atoms with Gasteiger partial charge in [-0.1, -0.05) is 49.3 Å². The Labute approximate surface area is 185 Å². The molecule has 0 bridgehead atoms. The molecule has 0 saturated carbocycles.